The van der Waals surface area contributed by atoms with E-state index >= 15 is 0 Å². The van der Waals surface area contributed by atoms with Crippen molar-refractivity contribution in [2.75, 3.05) is 18.9 Å². The highest BCUT2D eigenvalue weighted by Gasteiger charge is 2.38. The monoisotopic (exact) mass is 370 g/mol. The van der Waals surface area contributed by atoms with E-state index < -0.39 is 6.04 Å². The van der Waals surface area contributed by atoms with Crippen LogP contribution in [0, 0.1) is 5.82 Å². The molecule has 1 aliphatic heterocycles. The van der Waals surface area contributed by atoms with E-state index in [0.717, 1.165) is 11.3 Å². The zero-order valence-corrected chi connectivity index (χ0v) is 15.1. The summed E-state index contributed by atoms with van der Waals surface area (Å²) in [4.78, 5) is 26.5. The van der Waals surface area contributed by atoms with E-state index in [1.54, 1.807) is 37.4 Å². The summed E-state index contributed by atoms with van der Waals surface area (Å²) in [6, 6.07) is 12.6. The number of nitrogens with two attached hydrogens (primary N) is 1. The van der Waals surface area contributed by atoms with Crippen LogP contribution in [0.5, 0.6) is 0 Å². The molecule has 1 saturated heterocycles. The van der Waals surface area contributed by atoms with Crippen LogP contribution in [-0.4, -0.2) is 42.4 Å². The zero-order chi connectivity index (χ0) is 19.4. The number of likely N-dealkylation sites (tertiary alicyclic amines) is 1. The SMILES string of the molecule is CNC(=O)[C@@H]1C[C@@H](N)CN1C(=O)c1cccc(NCc2ccc(F)cc2)c1. The summed E-state index contributed by atoms with van der Waals surface area (Å²) in [5.41, 5.74) is 8.15. The minimum Gasteiger partial charge on any atom is -0.381 e. The van der Waals surface area contributed by atoms with Crippen LogP contribution in [-0.2, 0) is 11.3 Å². The largest absolute Gasteiger partial charge is 0.381 e. The first-order chi connectivity index (χ1) is 13.0. The van der Waals surface area contributed by atoms with Crippen molar-refractivity contribution in [3.8, 4) is 0 Å². The van der Waals surface area contributed by atoms with Crippen molar-refractivity contribution in [2.24, 2.45) is 5.73 Å². The van der Waals surface area contributed by atoms with Gasteiger partial charge in [0.2, 0.25) is 5.91 Å². The van der Waals surface area contributed by atoms with Gasteiger partial charge in [-0.25, -0.2) is 4.39 Å². The second-order valence-corrected chi connectivity index (χ2v) is 6.64. The van der Waals surface area contributed by atoms with Crippen LogP contribution in [0.15, 0.2) is 48.5 Å². The molecule has 0 aliphatic carbocycles. The fraction of sp³-hybridized carbons (Fsp3) is 0.300. The molecule has 2 amide bonds. The smallest absolute Gasteiger partial charge is 0.254 e. The maximum atomic E-state index is 13.0. The topological polar surface area (TPSA) is 87.5 Å². The summed E-state index contributed by atoms with van der Waals surface area (Å²) in [5.74, 6) is -0.704. The highest BCUT2D eigenvalue weighted by molar-refractivity contribution is 5.98. The highest BCUT2D eigenvalue weighted by atomic mass is 19.1. The van der Waals surface area contributed by atoms with Crippen LogP contribution in [0.3, 0.4) is 0 Å². The number of nitrogens with one attached hydrogen (secondary N) is 2. The molecule has 1 aliphatic rings. The number of carbonyl (C=O) groups is 2. The van der Waals surface area contributed by atoms with E-state index in [2.05, 4.69) is 10.6 Å². The molecule has 2 atom stereocenters. The van der Waals surface area contributed by atoms with Crippen molar-refractivity contribution in [1.29, 1.82) is 0 Å². The molecule has 2 aromatic rings. The maximum absolute atomic E-state index is 13.0. The first kappa shape index (κ1) is 18.8. The van der Waals surface area contributed by atoms with Gasteiger partial charge in [-0.3, -0.25) is 9.59 Å². The van der Waals surface area contributed by atoms with E-state index in [4.69, 9.17) is 5.73 Å². The Morgan fingerprint density at radius 1 is 1.22 bits per heavy atom. The lowest BCUT2D eigenvalue weighted by Crippen LogP contribution is -2.45. The first-order valence-corrected chi connectivity index (χ1v) is 8.84. The van der Waals surface area contributed by atoms with Gasteiger partial charge in [-0.15, -0.1) is 0 Å². The van der Waals surface area contributed by atoms with Crippen LogP contribution >= 0.6 is 0 Å². The standard InChI is InChI=1S/C20H23FN4O2/c1-23-19(26)18-10-16(22)12-25(18)20(27)14-3-2-4-17(9-14)24-11-13-5-7-15(21)8-6-13/h2-9,16,18,24H,10-12,22H2,1H3,(H,23,26)/t16-,18+/m1/s1. The lowest BCUT2D eigenvalue weighted by molar-refractivity contribution is -0.124. The van der Waals surface area contributed by atoms with Gasteiger partial charge < -0.3 is 21.3 Å². The second-order valence-electron chi connectivity index (χ2n) is 6.64. The molecule has 1 heterocycles. The van der Waals surface area contributed by atoms with Crippen LogP contribution in [0.2, 0.25) is 0 Å². The van der Waals surface area contributed by atoms with Gasteiger partial charge in [0, 0.05) is 37.4 Å². The third-order valence-electron chi connectivity index (χ3n) is 4.66. The van der Waals surface area contributed by atoms with Gasteiger partial charge in [-0.2, -0.15) is 0 Å². The van der Waals surface area contributed by atoms with Crippen molar-refractivity contribution >= 4 is 17.5 Å². The van der Waals surface area contributed by atoms with Gasteiger partial charge >= 0.3 is 0 Å². The summed E-state index contributed by atoms with van der Waals surface area (Å²) in [7, 11) is 1.55. The Morgan fingerprint density at radius 3 is 2.67 bits per heavy atom. The molecule has 27 heavy (non-hydrogen) atoms. The number of anilines is 1. The minimum atomic E-state index is -0.548. The molecular weight excluding hydrogens is 347 g/mol. The van der Waals surface area contributed by atoms with Gasteiger partial charge in [0.1, 0.15) is 11.9 Å². The molecule has 6 nitrogen and oxygen atoms in total. The third kappa shape index (κ3) is 4.43. The fourth-order valence-corrected chi connectivity index (χ4v) is 3.24. The average molecular weight is 370 g/mol. The molecule has 0 bridgehead atoms. The first-order valence-electron chi connectivity index (χ1n) is 8.84. The minimum absolute atomic E-state index is 0.207. The molecular formula is C20H23FN4O2. The van der Waals surface area contributed by atoms with E-state index in [0.29, 0.717) is 25.1 Å². The molecule has 3 rings (SSSR count). The normalized spacial score (nSPS) is 19.0. The third-order valence-corrected chi connectivity index (χ3v) is 4.66. The van der Waals surface area contributed by atoms with Crippen LogP contribution in [0.4, 0.5) is 10.1 Å². The van der Waals surface area contributed by atoms with Gasteiger partial charge in [-0.05, 0) is 42.3 Å². The number of nitrogens with zero attached hydrogens (tertiary/aromatic N) is 1. The Morgan fingerprint density at radius 2 is 1.96 bits per heavy atom. The predicted molar refractivity (Wildman–Crippen MR) is 102 cm³/mol. The summed E-state index contributed by atoms with van der Waals surface area (Å²) >= 11 is 0. The fourth-order valence-electron chi connectivity index (χ4n) is 3.24. The Hall–Kier alpha value is -2.93. The zero-order valence-electron chi connectivity index (χ0n) is 15.1. The molecule has 4 N–H and O–H groups in total. The molecule has 2 aromatic carbocycles. The molecule has 0 aromatic heterocycles. The van der Waals surface area contributed by atoms with Crippen molar-refractivity contribution in [3.63, 3.8) is 0 Å². The van der Waals surface area contributed by atoms with Crippen LogP contribution in [0.25, 0.3) is 0 Å². The summed E-state index contributed by atoms with van der Waals surface area (Å²) < 4.78 is 13.0. The summed E-state index contributed by atoms with van der Waals surface area (Å²) in [6.07, 6.45) is 0.452. The van der Waals surface area contributed by atoms with Crippen molar-refractivity contribution in [2.45, 2.75) is 25.0 Å². The summed E-state index contributed by atoms with van der Waals surface area (Å²) in [5, 5.41) is 5.81. The molecule has 0 saturated carbocycles. The molecule has 0 unspecified atom stereocenters. The van der Waals surface area contributed by atoms with E-state index in [-0.39, 0.29) is 23.7 Å². The summed E-state index contributed by atoms with van der Waals surface area (Å²) in [6.45, 7) is 0.859. The second kappa shape index (κ2) is 8.18. The van der Waals surface area contributed by atoms with Crippen molar-refractivity contribution in [3.05, 3.63) is 65.5 Å². The van der Waals surface area contributed by atoms with Gasteiger partial charge in [0.25, 0.3) is 5.91 Å². The number of halogens is 1. The molecule has 7 heteroatoms. The Balaban J connectivity index is 1.71. The van der Waals surface area contributed by atoms with E-state index in [1.165, 1.54) is 17.0 Å². The van der Waals surface area contributed by atoms with E-state index in [1.807, 2.05) is 6.07 Å². The number of likely N-dealkylation sites (N-methyl/N-ethyl adjacent to an activating group) is 1. The lowest BCUT2D eigenvalue weighted by atomic mass is 10.1. The van der Waals surface area contributed by atoms with Gasteiger partial charge in [0.15, 0.2) is 0 Å². The van der Waals surface area contributed by atoms with Crippen molar-refractivity contribution in [1.82, 2.24) is 10.2 Å². The number of amides is 2. The Labute approximate surface area is 157 Å². The lowest BCUT2D eigenvalue weighted by Gasteiger charge is -2.23. The Bertz CT molecular complexity index is 825. The number of carbonyl (C=O) groups excluding carboxylic acids is 2. The molecule has 0 radical (unpaired) electrons. The Kier molecular flexibility index (Phi) is 5.71. The predicted octanol–water partition coefficient (Wildman–Crippen LogP) is 1.73. The molecule has 0 spiro atoms. The van der Waals surface area contributed by atoms with Gasteiger partial charge in [0.05, 0.1) is 0 Å². The quantitative estimate of drug-likeness (QED) is 0.748. The van der Waals surface area contributed by atoms with Crippen LogP contribution in [0.1, 0.15) is 22.3 Å². The number of rotatable bonds is 5. The van der Waals surface area contributed by atoms with Gasteiger partial charge in [-0.1, -0.05) is 18.2 Å². The number of hydrogen-bond donors (Lipinski definition) is 3. The number of benzene rings is 2. The number of hydrogen-bond acceptors (Lipinski definition) is 4. The molecule has 1 fully saturated rings. The average Bonchev–Trinajstić information content (AvgIpc) is 3.08. The van der Waals surface area contributed by atoms with Crippen molar-refractivity contribution < 1.29 is 14.0 Å². The van der Waals surface area contributed by atoms with Crippen LogP contribution < -0.4 is 16.4 Å². The maximum Gasteiger partial charge on any atom is 0.254 e. The molecule has 142 valence electrons. The highest BCUT2D eigenvalue weighted by Crippen LogP contribution is 2.21. The van der Waals surface area contributed by atoms with E-state index in [9.17, 15) is 14.0 Å².